The maximum Gasteiger partial charge on any atom is 0.419 e. The molecule has 4 atom stereocenters. The van der Waals surface area contributed by atoms with Crippen molar-refractivity contribution in [3.8, 4) is 5.75 Å². The Labute approximate surface area is 144 Å². The SMILES string of the molecule is COc1c(C2C(C)C(C)(C(F)(F)F)O[C@H]2C(=O)O)cccc1C(F)(F)F. The minimum atomic E-state index is -4.91. The van der Waals surface area contributed by atoms with E-state index < -0.39 is 53.2 Å². The fourth-order valence-corrected chi connectivity index (χ4v) is 3.28. The average molecular weight is 386 g/mol. The Morgan fingerprint density at radius 2 is 1.81 bits per heavy atom. The third-order valence-corrected chi connectivity index (χ3v) is 4.83. The topological polar surface area (TPSA) is 55.8 Å². The van der Waals surface area contributed by atoms with Crippen molar-refractivity contribution >= 4 is 5.97 Å². The number of carboxylic acids is 1. The molecule has 1 fully saturated rings. The highest BCUT2D eigenvalue weighted by Gasteiger charge is 2.66. The number of halogens is 6. The van der Waals surface area contributed by atoms with Crippen molar-refractivity contribution in [1.82, 2.24) is 0 Å². The maximum atomic E-state index is 13.4. The quantitative estimate of drug-likeness (QED) is 0.790. The van der Waals surface area contributed by atoms with Gasteiger partial charge in [-0.1, -0.05) is 19.1 Å². The fourth-order valence-electron chi connectivity index (χ4n) is 3.28. The van der Waals surface area contributed by atoms with Gasteiger partial charge in [-0.05, 0) is 13.0 Å². The largest absolute Gasteiger partial charge is 0.496 e. The summed E-state index contributed by atoms with van der Waals surface area (Å²) in [6, 6.07) is 2.83. The average Bonchev–Trinajstić information content (AvgIpc) is 2.78. The van der Waals surface area contributed by atoms with Gasteiger partial charge in [0.05, 0.1) is 12.7 Å². The van der Waals surface area contributed by atoms with Gasteiger partial charge in [0.15, 0.2) is 11.7 Å². The van der Waals surface area contributed by atoms with E-state index in [-0.39, 0.29) is 5.56 Å². The van der Waals surface area contributed by atoms with Crippen molar-refractivity contribution in [2.24, 2.45) is 5.92 Å². The number of carboxylic acid groups (broad SMARTS) is 1. The molecular formula is C16H16F6O4. The molecule has 0 aliphatic carbocycles. The van der Waals surface area contributed by atoms with Crippen LogP contribution < -0.4 is 4.74 Å². The molecule has 0 spiro atoms. The third-order valence-electron chi connectivity index (χ3n) is 4.83. The van der Waals surface area contributed by atoms with Crippen molar-refractivity contribution in [3.63, 3.8) is 0 Å². The van der Waals surface area contributed by atoms with Crippen LogP contribution in [0.5, 0.6) is 5.75 Å². The van der Waals surface area contributed by atoms with Crippen LogP contribution >= 0.6 is 0 Å². The lowest BCUT2D eigenvalue weighted by Crippen LogP contribution is -2.47. The summed E-state index contributed by atoms with van der Waals surface area (Å²) in [6.45, 7) is 1.79. The van der Waals surface area contributed by atoms with Gasteiger partial charge in [0.1, 0.15) is 5.75 Å². The Morgan fingerprint density at radius 1 is 1.23 bits per heavy atom. The van der Waals surface area contributed by atoms with Crippen LogP contribution in [-0.4, -0.2) is 36.1 Å². The number of hydrogen-bond acceptors (Lipinski definition) is 3. The van der Waals surface area contributed by atoms with E-state index in [0.29, 0.717) is 13.0 Å². The van der Waals surface area contributed by atoms with Gasteiger partial charge in [-0.15, -0.1) is 0 Å². The molecule has 1 N–H and O–H groups in total. The molecule has 0 aromatic heterocycles. The Balaban J connectivity index is 2.68. The molecule has 1 heterocycles. The lowest BCUT2D eigenvalue weighted by Gasteiger charge is -2.32. The maximum absolute atomic E-state index is 13.4. The number of carbonyl (C=O) groups is 1. The molecule has 10 heteroatoms. The zero-order valence-electron chi connectivity index (χ0n) is 13.9. The summed E-state index contributed by atoms with van der Waals surface area (Å²) in [7, 11) is 0.938. The summed E-state index contributed by atoms with van der Waals surface area (Å²) in [5, 5.41) is 9.30. The minimum Gasteiger partial charge on any atom is -0.496 e. The second kappa shape index (κ2) is 6.33. The summed E-state index contributed by atoms with van der Waals surface area (Å²) in [5.74, 6) is -5.37. The first kappa shape index (κ1) is 20.3. The molecule has 0 bridgehead atoms. The first-order chi connectivity index (χ1) is 11.8. The van der Waals surface area contributed by atoms with Crippen LogP contribution in [0.4, 0.5) is 26.3 Å². The van der Waals surface area contributed by atoms with Gasteiger partial charge < -0.3 is 14.6 Å². The van der Waals surface area contributed by atoms with Gasteiger partial charge >= 0.3 is 18.3 Å². The predicted octanol–water partition coefficient (Wildman–Crippen LogP) is 4.24. The molecule has 1 aliphatic heterocycles. The zero-order chi connectivity index (χ0) is 20.1. The summed E-state index contributed by atoms with van der Waals surface area (Å²) >= 11 is 0. The van der Waals surface area contributed by atoms with Gasteiger partial charge in [-0.3, -0.25) is 0 Å². The van der Waals surface area contributed by atoms with Gasteiger partial charge in [-0.25, -0.2) is 4.79 Å². The van der Waals surface area contributed by atoms with Crippen molar-refractivity contribution < 1.29 is 45.7 Å². The standard InChI is InChI=1S/C16H16F6O4/c1-7-10(12(13(23)24)26-14(7,2)16(20,21)22)8-5-4-6-9(11(8)25-3)15(17,18)19/h4-7,10,12H,1-3H3,(H,23,24)/t7?,10?,12-,14?/m1/s1. The molecular weight excluding hydrogens is 370 g/mol. The highest BCUT2D eigenvalue weighted by Crippen LogP contribution is 2.55. The third kappa shape index (κ3) is 3.10. The summed E-state index contributed by atoms with van der Waals surface area (Å²) in [4.78, 5) is 11.5. The molecule has 4 nitrogen and oxygen atoms in total. The Kier molecular flexibility index (Phi) is 4.95. The Bertz CT molecular complexity index is 699. The summed E-state index contributed by atoms with van der Waals surface area (Å²) < 4.78 is 89.5. The minimum absolute atomic E-state index is 0.296. The van der Waals surface area contributed by atoms with E-state index in [1.54, 1.807) is 0 Å². The second-order valence-corrected chi connectivity index (χ2v) is 6.22. The second-order valence-electron chi connectivity index (χ2n) is 6.22. The van der Waals surface area contributed by atoms with Crippen LogP contribution in [0.2, 0.25) is 0 Å². The van der Waals surface area contributed by atoms with Crippen LogP contribution in [0.3, 0.4) is 0 Å². The number of methoxy groups -OCH3 is 1. The fraction of sp³-hybridized carbons (Fsp3) is 0.562. The summed E-state index contributed by atoms with van der Waals surface area (Å²) in [6.07, 6.45) is -11.7. The van der Waals surface area contributed by atoms with Crippen molar-refractivity contribution in [3.05, 3.63) is 29.3 Å². The van der Waals surface area contributed by atoms with Crippen LogP contribution in [0.25, 0.3) is 0 Å². The molecule has 2 rings (SSSR count). The van der Waals surface area contributed by atoms with E-state index in [0.717, 1.165) is 26.2 Å². The molecule has 0 saturated carbocycles. The predicted molar refractivity (Wildman–Crippen MR) is 76.9 cm³/mol. The molecule has 0 radical (unpaired) electrons. The molecule has 1 aromatic carbocycles. The van der Waals surface area contributed by atoms with E-state index in [4.69, 9.17) is 9.47 Å². The first-order valence-corrected chi connectivity index (χ1v) is 7.47. The molecule has 3 unspecified atom stereocenters. The Hall–Kier alpha value is -1.97. The van der Waals surface area contributed by atoms with E-state index >= 15 is 0 Å². The van der Waals surface area contributed by atoms with Gasteiger partial charge in [0.25, 0.3) is 0 Å². The van der Waals surface area contributed by atoms with Crippen LogP contribution in [-0.2, 0) is 15.7 Å². The van der Waals surface area contributed by atoms with E-state index in [2.05, 4.69) is 0 Å². The van der Waals surface area contributed by atoms with Crippen molar-refractivity contribution in [2.45, 2.75) is 43.8 Å². The van der Waals surface area contributed by atoms with Gasteiger partial charge in [0, 0.05) is 17.4 Å². The van der Waals surface area contributed by atoms with Crippen LogP contribution in [0.1, 0.15) is 30.9 Å². The molecule has 26 heavy (non-hydrogen) atoms. The lowest BCUT2D eigenvalue weighted by molar-refractivity contribution is -0.273. The van der Waals surface area contributed by atoms with E-state index in [1.807, 2.05) is 0 Å². The number of para-hydroxylation sites is 1. The molecule has 1 aromatic rings. The van der Waals surface area contributed by atoms with Crippen LogP contribution in [0.15, 0.2) is 18.2 Å². The van der Waals surface area contributed by atoms with Crippen LogP contribution in [0, 0.1) is 5.92 Å². The molecule has 1 aliphatic rings. The number of rotatable bonds is 3. The van der Waals surface area contributed by atoms with Gasteiger partial charge in [-0.2, -0.15) is 26.3 Å². The van der Waals surface area contributed by atoms with Crippen molar-refractivity contribution in [2.75, 3.05) is 7.11 Å². The zero-order valence-corrected chi connectivity index (χ0v) is 13.9. The number of ether oxygens (including phenoxy) is 2. The Morgan fingerprint density at radius 3 is 2.23 bits per heavy atom. The van der Waals surface area contributed by atoms with Gasteiger partial charge in [0.2, 0.25) is 0 Å². The molecule has 146 valence electrons. The normalized spacial score (nSPS) is 29.7. The number of hydrogen-bond donors (Lipinski definition) is 1. The van der Waals surface area contributed by atoms with Crippen molar-refractivity contribution in [1.29, 1.82) is 0 Å². The number of aliphatic carboxylic acids is 1. The first-order valence-electron chi connectivity index (χ1n) is 7.47. The monoisotopic (exact) mass is 386 g/mol. The number of benzene rings is 1. The lowest BCUT2D eigenvalue weighted by atomic mass is 9.76. The summed E-state index contributed by atoms with van der Waals surface area (Å²) in [5.41, 5.74) is -4.33. The highest BCUT2D eigenvalue weighted by molar-refractivity contribution is 5.75. The molecule has 1 saturated heterocycles. The number of alkyl halides is 6. The highest BCUT2D eigenvalue weighted by atomic mass is 19.4. The smallest absolute Gasteiger partial charge is 0.419 e. The van der Waals surface area contributed by atoms with E-state index in [9.17, 15) is 36.2 Å². The van der Waals surface area contributed by atoms with E-state index in [1.165, 1.54) is 0 Å². The molecule has 0 amide bonds.